The number of thiophene rings is 1. The molecule has 1 aromatic carbocycles. The van der Waals surface area contributed by atoms with Crippen LogP contribution in [0.1, 0.15) is 4.88 Å². The van der Waals surface area contributed by atoms with E-state index in [2.05, 4.69) is 12.1 Å². The van der Waals surface area contributed by atoms with Crippen LogP contribution in [0.5, 0.6) is 0 Å². The summed E-state index contributed by atoms with van der Waals surface area (Å²) in [6, 6.07) is 17.7. The van der Waals surface area contributed by atoms with Crippen LogP contribution < -0.4 is 0 Å². The van der Waals surface area contributed by atoms with E-state index in [1.54, 1.807) is 29.2 Å². The van der Waals surface area contributed by atoms with Crippen molar-refractivity contribution in [2.75, 3.05) is 0 Å². The van der Waals surface area contributed by atoms with Crippen molar-refractivity contribution >= 4 is 29.2 Å². The highest BCUT2D eigenvalue weighted by Gasteiger charge is 2.02. The molecule has 0 N–H and O–H groups in total. The molecule has 2 nitrogen and oxygen atoms in total. The third kappa shape index (κ3) is 3.24. The smallest absolute Gasteiger partial charge is 0.131 e. The second-order valence-electron chi connectivity index (χ2n) is 3.35. The molecule has 2 aromatic rings. The van der Waals surface area contributed by atoms with Crippen LogP contribution in [-0.2, 0) is 0 Å². The molecule has 0 aliphatic rings. The number of allylic oxidation sites excluding steroid dienone is 1. The molecule has 0 spiro atoms. The second kappa shape index (κ2) is 6.07. The molecule has 0 radical (unpaired) electrons. The van der Waals surface area contributed by atoms with Gasteiger partial charge in [0.15, 0.2) is 0 Å². The maximum Gasteiger partial charge on any atom is 0.131 e. The number of rotatable bonds is 3. The number of nitrogens with zero attached hydrogens (tertiary/aromatic N) is 2. The van der Waals surface area contributed by atoms with Crippen molar-refractivity contribution in [1.82, 2.24) is 0 Å². The Labute approximate surface area is 114 Å². The van der Waals surface area contributed by atoms with E-state index < -0.39 is 0 Å². The van der Waals surface area contributed by atoms with Crippen LogP contribution in [0.4, 0.5) is 0 Å². The molecule has 0 unspecified atom stereocenters. The van der Waals surface area contributed by atoms with E-state index in [4.69, 9.17) is 10.5 Å². The molecule has 0 bridgehead atoms. The lowest BCUT2D eigenvalue weighted by Crippen LogP contribution is -1.69. The van der Waals surface area contributed by atoms with E-state index in [1.165, 1.54) is 4.90 Å². The quantitative estimate of drug-likeness (QED) is 0.778. The Morgan fingerprint density at radius 1 is 1.06 bits per heavy atom. The van der Waals surface area contributed by atoms with Gasteiger partial charge in [0, 0.05) is 9.77 Å². The lowest BCUT2D eigenvalue weighted by molar-refractivity contribution is 1.46. The molecule has 1 heterocycles. The van der Waals surface area contributed by atoms with E-state index in [-0.39, 0.29) is 5.57 Å². The minimum atomic E-state index is 0.133. The van der Waals surface area contributed by atoms with Crippen LogP contribution in [-0.4, -0.2) is 0 Å². The summed E-state index contributed by atoms with van der Waals surface area (Å²) in [4.78, 5) is 2.10. The minimum Gasteiger partial charge on any atom is -0.192 e. The Hall–Kier alpha value is -2.01. The zero-order valence-electron chi connectivity index (χ0n) is 9.33. The first kappa shape index (κ1) is 12.4. The minimum absolute atomic E-state index is 0.133. The second-order valence-corrected chi connectivity index (χ2v) is 5.84. The van der Waals surface area contributed by atoms with Crippen LogP contribution in [0.25, 0.3) is 6.08 Å². The maximum absolute atomic E-state index is 8.69. The molecule has 0 saturated heterocycles. The molecule has 4 heteroatoms. The van der Waals surface area contributed by atoms with E-state index in [0.717, 1.165) is 9.09 Å². The molecule has 0 saturated carbocycles. The van der Waals surface area contributed by atoms with Gasteiger partial charge in [-0.25, -0.2) is 0 Å². The van der Waals surface area contributed by atoms with Crippen LogP contribution in [0, 0.1) is 22.7 Å². The maximum atomic E-state index is 8.69. The van der Waals surface area contributed by atoms with Crippen molar-refractivity contribution in [1.29, 1.82) is 10.5 Å². The first-order valence-electron chi connectivity index (χ1n) is 5.16. The number of benzene rings is 1. The lowest BCUT2D eigenvalue weighted by Gasteiger charge is -1.96. The zero-order valence-corrected chi connectivity index (χ0v) is 11.0. The fourth-order valence-corrected chi connectivity index (χ4v) is 3.39. The van der Waals surface area contributed by atoms with Gasteiger partial charge in [-0.15, -0.1) is 11.3 Å². The lowest BCUT2D eigenvalue weighted by atomic mass is 10.3. The fraction of sp³-hybridized carbons (Fsp3) is 0. The third-order valence-corrected chi connectivity index (χ3v) is 4.26. The first-order valence-corrected chi connectivity index (χ1v) is 6.80. The van der Waals surface area contributed by atoms with Crippen LogP contribution in [0.15, 0.2) is 57.1 Å². The standard InChI is InChI=1S/C14H8N2S2/c15-9-11(10-16)8-13-6-7-14(18-13)17-12-4-2-1-3-5-12/h1-8H. The van der Waals surface area contributed by atoms with Gasteiger partial charge in [0.25, 0.3) is 0 Å². The summed E-state index contributed by atoms with van der Waals surface area (Å²) in [6.07, 6.45) is 1.61. The SMILES string of the molecule is N#CC(C#N)=Cc1ccc(Sc2ccccc2)s1. The molecule has 1 aromatic heterocycles. The fourth-order valence-electron chi connectivity index (χ4n) is 1.30. The average Bonchev–Trinajstić information content (AvgIpc) is 2.84. The molecular formula is C14H8N2S2. The summed E-state index contributed by atoms with van der Waals surface area (Å²) in [6.45, 7) is 0. The molecule has 0 aliphatic carbocycles. The van der Waals surface area contributed by atoms with E-state index in [1.807, 2.05) is 42.5 Å². The Kier molecular flexibility index (Phi) is 4.20. The largest absolute Gasteiger partial charge is 0.192 e. The van der Waals surface area contributed by atoms with Gasteiger partial charge in [-0.2, -0.15) is 10.5 Å². The van der Waals surface area contributed by atoms with Crippen molar-refractivity contribution in [3.05, 3.63) is 52.9 Å². The predicted molar refractivity (Wildman–Crippen MR) is 74.1 cm³/mol. The van der Waals surface area contributed by atoms with Crippen molar-refractivity contribution < 1.29 is 0 Å². The summed E-state index contributed by atoms with van der Waals surface area (Å²) < 4.78 is 1.14. The van der Waals surface area contributed by atoms with Gasteiger partial charge in [0.2, 0.25) is 0 Å². The van der Waals surface area contributed by atoms with Gasteiger partial charge in [-0.05, 0) is 30.3 Å². The number of nitriles is 2. The molecule has 86 valence electrons. The molecule has 2 rings (SSSR count). The van der Waals surface area contributed by atoms with Crippen molar-refractivity contribution in [3.8, 4) is 12.1 Å². The highest BCUT2D eigenvalue weighted by Crippen LogP contribution is 2.33. The van der Waals surface area contributed by atoms with E-state index in [0.29, 0.717) is 0 Å². The Morgan fingerprint density at radius 2 is 1.78 bits per heavy atom. The van der Waals surface area contributed by atoms with Crippen molar-refractivity contribution in [2.45, 2.75) is 9.10 Å². The topological polar surface area (TPSA) is 47.6 Å². The van der Waals surface area contributed by atoms with Gasteiger partial charge in [-0.3, -0.25) is 0 Å². The highest BCUT2D eigenvalue weighted by molar-refractivity contribution is 8.01. The van der Waals surface area contributed by atoms with Crippen molar-refractivity contribution in [2.24, 2.45) is 0 Å². The third-order valence-electron chi connectivity index (χ3n) is 2.09. The number of hydrogen-bond donors (Lipinski definition) is 0. The summed E-state index contributed by atoms with van der Waals surface area (Å²) in [5.41, 5.74) is 0.133. The Bertz CT molecular complexity index is 626. The molecule has 0 aliphatic heterocycles. The summed E-state index contributed by atoms with van der Waals surface area (Å²) in [5, 5.41) is 17.4. The summed E-state index contributed by atoms with van der Waals surface area (Å²) in [5.74, 6) is 0. The first-order chi connectivity index (χ1) is 8.81. The van der Waals surface area contributed by atoms with Crippen molar-refractivity contribution in [3.63, 3.8) is 0 Å². The summed E-state index contributed by atoms with van der Waals surface area (Å²) >= 11 is 3.25. The van der Waals surface area contributed by atoms with Gasteiger partial charge >= 0.3 is 0 Å². The number of hydrogen-bond acceptors (Lipinski definition) is 4. The monoisotopic (exact) mass is 268 g/mol. The van der Waals surface area contributed by atoms with Crippen LogP contribution in [0.3, 0.4) is 0 Å². The predicted octanol–water partition coefficient (Wildman–Crippen LogP) is 4.33. The molecule has 0 fully saturated rings. The van der Waals surface area contributed by atoms with E-state index in [9.17, 15) is 0 Å². The normalized spacial score (nSPS) is 9.22. The Balaban J connectivity index is 2.15. The highest BCUT2D eigenvalue weighted by atomic mass is 32.2. The Morgan fingerprint density at radius 3 is 2.44 bits per heavy atom. The zero-order chi connectivity index (χ0) is 12.8. The molecule has 18 heavy (non-hydrogen) atoms. The van der Waals surface area contributed by atoms with Gasteiger partial charge in [-0.1, -0.05) is 30.0 Å². The van der Waals surface area contributed by atoms with Gasteiger partial charge in [0.1, 0.15) is 17.7 Å². The van der Waals surface area contributed by atoms with Gasteiger partial charge < -0.3 is 0 Å². The molecule has 0 atom stereocenters. The summed E-state index contributed by atoms with van der Waals surface area (Å²) in [7, 11) is 0. The average molecular weight is 268 g/mol. The van der Waals surface area contributed by atoms with Crippen LogP contribution in [0.2, 0.25) is 0 Å². The van der Waals surface area contributed by atoms with E-state index >= 15 is 0 Å². The molecular weight excluding hydrogens is 260 g/mol. The molecule has 0 amide bonds. The van der Waals surface area contributed by atoms with Crippen LogP contribution >= 0.6 is 23.1 Å². The van der Waals surface area contributed by atoms with Gasteiger partial charge in [0.05, 0.1) is 4.21 Å².